The van der Waals surface area contributed by atoms with Crippen molar-refractivity contribution in [3.63, 3.8) is 0 Å². The van der Waals surface area contributed by atoms with Crippen LogP contribution in [0.15, 0.2) is 18.2 Å². The number of rotatable bonds is 2. The fraction of sp³-hybridized carbons (Fsp3) is 0.500. The molecule has 0 saturated carbocycles. The van der Waals surface area contributed by atoms with Gasteiger partial charge in [-0.15, -0.1) is 0 Å². The monoisotopic (exact) mass is 162 g/mol. The molecule has 0 unspecified atom stereocenters. The quantitative estimate of drug-likeness (QED) is 0.622. The van der Waals surface area contributed by atoms with Gasteiger partial charge in [0.25, 0.3) is 0 Å². The van der Waals surface area contributed by atoms with Gasteiger partial charge in [0.05, 0.1) is 0 Å². The van der Waals surface area contributed by atoms with Crippen molar-refractivity contribution in [2.45, 2.75) is 40.0 Å². The zero-order chi connectivity index (χ0) is 9.14. The first-order valence-electron chi connectivity index (χ1n) is 4.74. The lowest BCUT2D eigenvalue weighted by molar-refractivity contribution is 0.843. The Morgan fingerprint density at radius 1 is 1.25 bits per heavy atom. The Kier molecular flexibility index (Phi) is 2.91. The average molecular weight is 162 g/mol. The third kappa shape index (κ3) is 1.88. The lowest BCUT2D eigenvalue weighted by atomic mass is 9.94. The maximum absolute atomic E-state index is 2.30. The number of hydrogen-bond donors (Lipinski definition) is 0. The van der Waals surface area contributed by atoms with Gasteiger partial charge in [-0.25, -0.2) is 0 Å². The maximum atomic E-state index is 2.30. The number of benzene rings is 1. The van der Waals surface area contributed by atoms with Crippen molar-refractivity contribution in [2.75, 3.05) is 0 Å². The van der Waals surface area contributed by atoms with E-state index in [0.717, 1.165) is 6.42 Å². The van der Waals surface area contributed by atoms with Crippen LogP contribution in [-0.2, 0) is 6.42 Å². The van der Waals surface area contributed by atoms with Gasteiger partial charge < -0.3 is 0 Å². The molecule has 0 aliphatic rings. The minimum atomic E-state index is 0.653. The smallest absolute Gasteiger partial charge is 0.0216 e. The Labute approximate surface area is 75.6 Å². The lowest BCUT2D eigenvalue weighted by Gasteiger charge is -2.11. The highest BCUT2D eigenvalue weighted by Gasteiger charge is 2.03. The SMILES string of the molecule is CCc1cc(C)ccc1C(C)C. The van der Waals surface area contributed by atoms with Crippen LogP contribution in [0.25, 0.3) is 0 Å². The molecule has 1 aromatic rings. The van der Waals surface area contributed by atoms with E-state index in [4.69, 9.17) is 0 Å². The van der Waals surface area contributed by atoms with Gasteiger partial charge in [0.1, 0.15) is 0 Å². The molecular weight excluding hydrogens is 144 g/mol. The molecule has 0 heterocycles. The Morgan fingerprint density at radius 2 is 1.92 bits per heavy atom. The normalized spacial score (nSPS) is 10.8. The molecule has 0 radical (unpaired) electrons. The molecule has 0 aromatic heterocycles. The second-order valence-corrected chi connectivity index (χ2v) is 3.71. The van der Waals surface area contributed by atoms with Gasteiger partial charge in [0, 0.05) is 0 Å². The Hall–Kier alpha value is -0.780. The molecule has 0 saturated heterocycles. The van der Waals surface area contributed by atoms with Crippen LogP contribution < -0.4 is 0 Å². The minimum Gasteiger partial charge on any atom is -0.0613 e. The highest BCUT2D eigenvalue weighted by Crippen LogP contribution is 2.20. The molecular formula is C12H18. The molecule has 0 spiro atoms. The van der Waals surface area contributed by atoms with Crippen LogP contribution >= 0.6 is 0 Å². The highest BCUT2D eigenvalue weighted by atomic mass is 14.1. The summed E-state index contributed by atoms with van der Waals surface area (Å²) in [6.07, 6.45) is 1.15. The predicted octanol–water partition coefficient (Wildman–Crippen LogP) is 3.68. The maximum Gasteiger partial charge on any atom is -0.0216 e. The van der Waals surface area contributed by atoms with Crippen molar-refractivity contribution in [1.82, 2.24) is 0 Å². The van der Waals surface area contributed by atoms with Crippen LogP contribution in [0, 0.1) is 6.92 Å². The molecule has 12 heavy (non-hydrogen) atoms. The summed E-state index contributed by atoms with van der Waals surface area (Å²) in [5, 5.41) is 0. The fourth-order valence-electron chi connectivity index (χ4n) is 1.60. The van der Waals surface area contributed by atoms with Crippen molar-refractivity contribution in [1.29, 1.82) is 0 Å². The van der Waals surface area contributed by atoms with E-state index in [1.54, 1.807) is 0 Å². The van der Waals surface area contributed by atoms with E-state index in [1.165, 1.54) is 16.7 Å². The van der Waals surface area contributed by atoms with E-state index < -0.39 is 0 Å². The van der Waals surface area contributed by atoms with E-state index in [-0.39, 0.29) is 0 Å². The summed E-state index contributed by atoms with van der Waals surface area (Å²) in [5.74, 6) is 0.653. The fourth-order valence-corrected chi connectivity index (χ4v) is 1.60. The first-order valence-corrected chi connectivity index (χ1v) is 4.74. The van der Waals surface area contributed by atoms with Crippen molar-refractivity contribution < 1.29 is 0 Å². The van der Waals surface area contributed by atoms with Crippen LogP contribution in [0.1, 0.15) is 43.4 Å². The van der Waals surface area contributed by atoms with Gasteiger partial charge in [0.15, 0.2) is 0 Å². The molecule has 1 rings (SSSR count). The van der Waals surface area contributed by atoms with Crippen molar-refractivity contribution in [3.8, 4) is 0 Å². The summed E-state index contributed by atoms with van der Waals surface area (Å²) in [6, 6.07) is 6.77. The standard InChI is InChI=1S/C12H18/c1-5-11-8-10(4)6-7-12(11)9(2)3/h6-9H,5H2,1-4H3. The molecule has 66 valence electrons. The van der Waals surface area contributed by atoms with E-state index in [0.29, 0.717) is 5.92 Å². The Balaban J connectivity index is 3.11. The summed E-state index contributed by atoms with van der Waals surface area (Å²) in [5.41, 5.74) is 4.38. The summed E-state index contributed by atoms with van der Waals surface area (Å²) in [4.78, 5) is 0. The summed E-state index contributed by atoms with van der Waals surface area (Å²) in [7, 11) is 0. The molecule has 0 aliphatic carbocycles. The average Bonchev–Trinajstić information content (AvgIpc) is 2.03. The molecule has 0 atom stereocenters. The topological polar surface area (TPSA) is 0 Å². The second-order valence-electron chi connectivity index (χ2n) is 3.71. The lowest BCUT2D eigenvalue weighted by Crippen LogP contribution is -1.95. The van der Waals surface area contributed by atoms with Crippen molar-refractivity contribution in [3.05, 3.63) is 34.9 Å². The van der Waals surface area contributed by atoms with E-state index in [2.05, 4.69) is 45.9 Å². The molecule has 1 aromatic carbocycles. The van der Waals surface area contributed by atoms with Crippen LogP contribution in [0.5, 0.6) is 0 Å². The summed E-state index contributed by atoms with van der Waals surface area (Å²) >= 11 is 0. The van der Waals surface area contributed by atoms with Crippen LogP contribution in [0.3, 0.4) is 0 Å². The van der Waals surface area contributed by atoms with Gasteiger partial charge in [-0.1, -0.05) is 44.5 Å². The largest absolute Gasteiger partial charge is 0.0613 e. The minimum absolute atomic E-state index is 0.653. The van der Waals surface area contributed by atoms with Gasteiger partial charge >= 0.3 is 0 Å². The summed E-state index contributed by atoms with van der Waals surface area (Å²) in [6.45, 7) is 8.89. The van der Waals surface area contributed by atoms with Gasteiger partial charge in [-0.05, 0) is 30.4 Å². The van der Waals surface area contributed by atoms with Crippen LogP contribution in [-0.4, -0.2) is 0 Å². The first-order chi connectivity index (χ1) is 5.65. The second kappa shape index (κ2) is 3.75. The number of aryl methyl sites for hydroxylation is 2. The third-order valence-electron chi connectivity index (χ3n) is 2.30. The zero-order valence-corrected chi connectivity index (χ0v) is 8.52. The summed E-state index contributed by atoms with van der Waals surface area (Å²) < 4.78 is 0. The molecule has 0 aliphatic heterocycles. The molecule has 0 fully saturated rings. The van der Waals surface area contributed by atoms with Crippen molar-refractivity contribution in [2.24, 2.45) is 0 Å². The third-order valence-corrected chi connectivity index (χ3v) is 2.30. The highest BCUT2D eigenvalue weighted by molar-refractivity contribution is 5.33. The molecule has 0 heteroatoms. The van der Waals surface area contributed by atoms with Crippen LogP contribution in [0.4, 0.5) is 0 Å². The Bertz CT molecular complexity index is 259. The first kappa shape index (κ1) is 9.31. The van der Waals surface area contributed by atoms with Crippen molar-refractivity contribution >= 4 is 0 Å². The van der Waals surface area contributed by atoms with Gasteiger partial charge in [0.2, 0.25) is 0 Å². The van der Waals surface area contributed by atoms with Gasteiger partial charge in [-0.2, -0.15) is 0 Å². The molecule has 0 nitrogen and oxygen atoms in total. The van der Waals surface area contributed by atoms with E-state index in [9.17, 15) is 0 Å². The molecule has 0 amide bonds. The predicted molar refractivity (Wildman–Crippen MR) is 54.6 cm³/mol. The van der Waals surface area contributed by atoms with E-state index >= 15 is 0 Å². The molecule has 0 N–H and O–H groups in total. The zero-order valence-electron chi connectivity index (χ0n) is 8.52. The molecule has 0 bridgehead atoms. The Morgan fingerprint density at radius 3 is 2.42 bits per heavy atom. The van der Waals surface area contributed by atoms with E-state index in [1.807, 2.05) is 0 Å². The van der Waals surface area contributed by atoms with Gasteiger partial charge in [-0.3, -0.25) is 0 Å². The number of hydrogen-bond acceptors (Lipinski definition) is 0. The van der Waals surface area contributed by atoms with Crippen LogP contribution in [0.2, 0.25) is 0 Å².